The van der Waals surface area contributed by atoms with Crippen molar-refractivity contribution in [1.82, 2.24) is 15.5 Å². The summed E-state index contributed by atoms with van der Waals surface area (Å²) in [5.41, 5.74) is 0.988. The number of carbonyl (C=O) groups excluding carboxylic acids is 2. The second-order valence-electron chi connectivity index (χ2n) is 5.14. The van der Waals surface area contributed by atoms with Crippen LogP contribution in [0.25, 0.3) is 0 Å². The smallest absolute Gasteiger partial charge is 0.246 e. The van der Waals surface area contributed by atoms with Gasteiger partial charge in [-0.25, -0.2) is 0 Å². The molecule has 3 rings (SSSR count). The molecule has 6 heteroatoms. The van der Waals surface area contributed by atoms with Crippen molar-refractivity contribution in [2.75, 3.05) is 19.6 Å². The number of hydrogen-bond acceptors (Lipinski definition) is 3. The Morgan fingerprint density at radius 3 is 2.75 bits per heavy atom. The second-order valence-corrected chi connectivity index (χ2v) is 5.58. The summed E-state index contributed by atoms with van der Waals surface area (Å²) in [7, 11) is 0. The maximum absolute atomic E-state index is 12.4. The monoisotopic (exact) mass is 293 g/mol. The molecule has 1 aromatic rings. The Kier molecular flexibility index (Phi) is 3.63. The van der Waals surface area contributed by atoms with E-state index in [1.165, 1.54) is 0 Å². The summed E-state index contributed by atoms with van der Waals surface area (Å²) in [5.74, 6) is -0.0678. The van der Waals surface area contributed by atoms with Gasteiger partial charge >= 0.3 is 0 Å². The molecule has 106 valence electrons. The van der Waals surface area contributed by atoms with Gasteiger partial charge in [0, 0.05) is 31.1 Å². The molecule has 2 heterocycles. The first-order valence-electron chi connectivity index (χ1n) is 6.71. The maximum atomic E-state index is 12.4. The van der Waals surface area contributed by atoms with Gasteiger partial charge in [-0.15, -0.1) is 0 Å². The molecule has 20 heavy (non-hydrogen) atoms. The molecular weight excluding hydrogens is 278 g/mol. The first-order valence-corrected chi connectivity index (χ1v) is 7.09. The van der Waals surface area contributed by atoms with Gasteiger partial charge in [-0.3, -0.25) is 9.59 Å². The summed E-state index contributed by atoms with van der Waals surface area (Å²) in [6.07, 6.45) is 0.498. The lowest BCUT2D eigenvalue weighted by Crippen LogP contribution is -2.69. The number of hydrogen-bond donors (Lipinski definition) is 2. The molecule has 0 aromatic heterocycles. The largest absolute Gasteiger partial charge is 0.342 e. The highest BCUT2D eigenvalue weighted by Crippen LogP contribution is 2.16. The fourth-order valence-corrected chi connectivity index (χ4v) is 2.85. The first kappa shape index (κ1) is 13.4. The van der Waals surface area contributed by atoms with E-state index in [0.29, 0.717) is 24.5 Å². The Morgan fingerprint density at radius 2 is 2.00 bits per heavy atom. The first-order chi connectivity index (χ1) is 9.65. The van der Waals surface area contributed by atoms with Crippen LogP contribution in [0.5, 0.6) is 0 Å². The number of carbonyl (C=O) groups is 2. The predicted molar refractivity (Wildman–Crippen MR) is 75.5 cm³/mol. The zero-order chi connectivity index (χ0) is 14.1. The van der Waals surface area contributed by atoms with E-state index < -0.39 is 6.04 Å². The van der Waals surface area contributed by atoms with Gasteiger partial charge in [-0.2, -0.15) is 0 Å². The van der Waals surface area contributed by atoms with E-state index in [0.717, 1.165) is 12.1 Å². The van der Waals surface area contributed by atoms with Crippen LogP contribution in [0.4, 0.5) is 0 Å². The molecule has 2 atom stereocenters. The van der Waals surface area contributed by atoms with Crippen LogP contribution in [0.1, 0.15) is 5.56 Å². The minimum atomic E-state index is -0.474. The molecule has 0 aliphatic carbocycles. The standard InChI is InChI=1S/C14H16ClN3O2/c15-10-3-1-9(2-4-10)7-11-14(20)18-6-5-16-8-12(18)13(19)17-11/h1-4,11-12,16H,5-8H2,(H,17,19)/t11-,12+/m0/s1. The van der Waals surface area contributed by atoms with Gasteiger partial charge in [0.05, 0.1) is 0 Å². The van der Waals surface area contributed by atoms with Crippen LogP contribution in [0.3, 0.4) is 0 Å². The zero-order valence-electron chi connectivity index (χ0n) is 10.9. The van der Waals surface area contributed by atoms with Gasteiger partial charge in [-0.05, 0) is 17.7 Å². The van der Waals surface area contributed by atoms with Crippen molar-refractivity contribution in [3.8, 4) is 0 Å². The molecule has 2 fully saturated rings. The number of benzene rings is 1. The SMILES string of the molecule is O=C1N[C@@H](Cc2ccc(Cl)cc2)C(=O)N2CCNC[C@H]12. The summed E-state index contributed by atoms with van der Waals surface area (Å²) in [6, 6.07) is 6.51. The van der Waals surface area contributed by atoms with Crippen LogP contribution in [0.2, 0.25) is 5.02 Å². The number of rotatable bonds is 2. The Hall–Kier alpha value is -1.59. The highest BCUT2D eigenvalue weighted by molar-refractivity contribution is 6.30. The van der Waals surface area contributed by atoms with E-state index in [4.69, 9.17) is 11.6 Å². The quantitative estimate of drug-likeness (QED) is 0.818. The predicted octanol–water partition coefficient (Wildman–Crippen LogP) is 0.181. The number of halogens is 1. The molecule has 2 aliphatic heterocycles. The fraction of sp³-hybridized carbons (Fsp3) is 0.429. The molecular formula is C14H16ClN3O2. The minimum absolute atomic E-state index is 0.00560. The highest BCUT2D eigenvalue weighted by Gasteiger charge is 2.41. The van der Waals surface area contributed by atoms with E-state index in [2.05, 4.69) is 10.6 Å². The van der Waals surface area contributed by atoms with Gasteiger partial charge in [0.15, 0.2) is 0 Å². The molecule has 5 nitrogen and oxygen atoms in total. The van der Waals surface area contributed by atoms with Crippen molar-refractivity contribution < 1.29 is 9.59 Å². The van der Waals surface area contributed by atoms with Crippen molar-refractivity contribution in [3.05, 3.63) is 34.9 Å². The molecule has 0 bridgehead atoms. The van der Waals surface area contributed by atoms with Gasteiger partial charge in [0.2, 0.25) is 11.8 Å². The summed E-state index contributed by atoms with van der Waals surface area (Å²) in [4.78, 5) is 26.2. The minimum Gasteiger partial charge on any atom is -0.342 e. The van der Waals surface area contributed by atoms with E-state index in [9.17, 15) is 9.59 Å². The maximum Gasteiger partial charge on any atom is 0.246 e. The Balaban J connectivity index is 1.75. The molecule has 1 aromatic carbocycles. The van der Waals surface area contributed by atoms with Crippen LogP contribution in [0.15, 0.2) is 24.3 Å². The van der Waals surface area contributed by atoms with Crippen molar-refractivity contribution >= 4 is 23.4 Å². The molecule has 0 saturated carbocycles. The van der Waals surface area contributed by atoms with Crippen LogP contribution in [-0.4, -0.2) is 48.4 Å². The zero-order valence-corrected chi connectivity index (χ0v) is 11.7. The summed E-state index contributed by atoms with van der Waals surface area (Å²) >= 11 is 5.85. The molecule has 2 amide bonds. The molecule has 2 saturated heterocycles. The van der Waals surface area contributed by atoms with Crippen molar-refractivity contribution in [1.29, 1.82) is 0 Å². The van der Waals surface area contributed by atoms with Crippen LogP contribution >= 0.6 is 11.6 Å². The van der Waals surface area contributed by atoms with Crippen LogP contribution in [0, 0.1) is 0 Å². The molecule has 0 radical (unpaired) electrons. The molecule has 2 aliphatic rings. The summed E-state index contributed by atoms with van der Waals surface area (Å²) < 4.78 is 0. The molecule has 0 spiro atoms. The third-order valence-corrected chi connectivity index (χ3v) is 4.05. The Bertz CT molecular complexity index is 532. The number of amides is 2. The summed E-state index contributed by atoms with van der Waals surface area (Å²) in [6.45, 7) is 1.86. The number of nitrogens with one attached hydrogen (secondary N) is 2. The molecule has 0 unspecified atom stereocenters. The van der Waals surface area contributed by atoms with Crippen LogP contribution in [-0.2, 0) is 16.0 Å². The van der Waals surface area contributed by atoms with Gasteiger partial charge in [-0.1, -0.05) is 23.7 Å². The fourth-order valence-electron chi connectivity index (χ4n) is 2.73. The average Bonchev–Trinajstić information content (AvgIpc) is 2.47. The van der Waals surface area contributed by atoms with E-state index in [1.807, 2.05) is 12.1 Å². The van der Waals surface area contributed by atoms with Crippen LogP contribution < -0.4 is 10.6 Å². The lowest BCUT2D eigenvalue weighted by Gasteiger charge is -2.41. The third kappa shape index (κ3) is 2.51. The summed E-state index contributed by atoms with van der Waals surface area (Å²) in [5, 5.41) is 6.62. The number of fused-ring (bicyclic) bond motifs is 1. The van der Waals surface area contributed by atoms with Crippen molar-refractivity contribution in [2.45, 2.75) is 18.5 Å². The van der Waals surface area contributed by atoms with E-state index in [1.54, 1.807) is 17.0 Å². The van der Waals surface area contributed by atoms with Crippen molar-refractivity contribution in [2.24, 2.45) is 0 Å². The topological polar surface area (TPSA) is 61.4 Å². The van der Waals surface area contributed by atoms with Crippen molar-refractivity contribution in [3.63, 3.8) is 0 Å². The Morgan fingerprint density at radius 1 is 1.25 bits per heavy atom. The Labute approximate surface area is 122 Å². The highest BCUT2D eigenvalue weighted by atomic mass is 35.5. The third-order valence-electron chi connectivity index (χ3n) is 3.80. The average molecular weight is 294 g/mol. The van der Waals surface area contributed by atoms with Gasteiger partial charge < -0.3 is 15.5 Å². The van der Waals surface area contributed by atoms with E-state index in [-0.39, 0.29) is 17.9 Å². The number of piperazine rings is 2. The lowest BCUT2D eigenvalue weighted by atomic mass is 9.99. The van der Waals surface area contributed by atoms with Gasteiger partial charge in [0.25, 0.3) is 0 Å². The normalized spacial score (nSPS) is 26.1. The number of nitrogens with zero attached hydrogens (tertiary/aromatic N) is 1. The second kappa shape index (κ2) is 5.42. The van der Waals surface area contributed by atoms with E-state index >= 15 is 0 Å². The lowest BCUT2D eigenvalue weighted by molar-refractivity contribution is -0.150. The van der Waals surface area contributed by atoms with Gasteiger partial charge in [0.1, 0.15) is 12.1 Å². The molecule has 2 N–H and O–H groups in total.